The summed E-state index contributed by atoms with van der Waals surface area (Å²) >= 11 is 1.90. The van der Waals surface area contributed by atoms with E-state index in [0.29, 0.717) is 0 Å². The fourth-order valence-corrected chi connectivity index (χ4v) is 2.54. The van der Waals surface area contributed by atoms with Gasteiger partial charge in [0.25, 0.3) is 0 Å². The van der Waals surface area contributed by atoms with E-state index in [-0.39, 0.29) is 5.54 Å². The minimum absolute atomic E-state index is 0.171. The summed E-state index contributed by atoms with van der Waals surface area (Å²) in [7, 11) is 1.70. The van der Waals surface area contributed by atoms with Crippen molar-refractivity contribution in [3.05, 3.63) is 18.2 Å². The van der Waals surface area contributed by atoms with Crippen molar-refractivity contribution in [2.24, 2.45) is 0 Å². The van der Waals surface area contributed by atoms with Crippen LogP contribution in [0.2, 0.25) is 0 Å². The Morgan fingerprint density at radius 3 is 2.93 bits per heavy atom. The third-order valence-electron chi connectivity index (χ3n) is 2.25. The summed E-state index contributed by atoms with van der Waals surface area (Å²) in [6.45, 7) is 4.42. The van der Waals surface area contributed by atoms with E-state index >= 15 is 0 Å². The topological polar surface area (TPSA) is 21.3 Å². The SMILES string of the molecule is COc1ccc2c(c1)NC(C)(C)CS2. The van der Waals surface area contributed by atoms with Crippen molar-refractivity contribution in [3.63, 3.8) is 0 Å². The zero-order chi connectivity index (χ0) is 10.2. The average molecular weight is 209 g/mol. The number of rotatable bonds is 1. The number of benzene rings is 1. The van der Waals surface area contributed by atoms with Crippen LogP contribution in [0.4, 0.5) is 5.69 Å². The first-order valence-electron chi connectivity index (χ1n) is 4.70. The Morgan fingerprint density at radius 2 is 2.21 bits per heavy atom. The molecule has 1 aliphatic rings. The van der Waals surface area contributed by atoms with Gasteiger partial charge in [-0.2, -0.15) is 0 Å². The molecular formula is C11H15NOS. The highest BCUT2D eigenvalue weighted by molar-refractivity contribution is 7.99. The lowest BCUT2D eigenvalue weighted by atomic mass is 10.1. The lowest BCUT2D eigenvalue weighted by Crippen LogP contribution is -2.36. The van der Waals surface area contributed by atoms with E-state index in [4.69, 9.17) is 4.74 Å². The van der Waals surface area contributed by atoms with Gasteiger partial charge in [-0.15, -0.1) is 11.8 Å². The maximum Gasteiger partial charge on any atom is 0.121 e. The van der Waals surface area contributed by atoms with Gasteiger partial charge in [0.1, 0.15) is 5.75 Å². The number of hydrogen-bond acceptors (Lipinski definition) is 3. The minimum Gasteiger partial charge on any atom is -0.497 e. The molecule has 0 saturated carbocycles. The Bertz CT molecular complexity index is 349. The van der Waals surface area contributed by atoms with E-state index in [1.807, 2.05) is 17.8 Å². The van der Waals surface area contributed by atoms with Crippen molar-refractivity contribution in [1.82, 2.24) is 0 Å². The number of fused-ring (bicyclic) bond motifs is 1. The van der Waals surface area contributed by atoms with Crippen molar-refractivity contribution in [3.8, 4) is 5.75 Å². The van der Waals surface area contributed by atoms with Crippen LogP contribution in [-0.2, 0) is 0 Å². The van der Waals surface area contributed by atoms with Gasteiger partial charge < -0.3 is 10.1 Å². The predicted octanol–water partition coefficient (Wildman–Crippen LogP) is 2.99. The van der Waals surface area contributed by atoms with Crippen LogP contribution < -0.4 is 10.1 Å². The molecule has 0 unspecified atom stereocenters. The zero-order valence-corrected chi connectivity index (χ0v) is 9.57. The van der Waals surface area contributed by atoms with Gasteiger partial charge in [0.15, 0.2) is 0 Å². The number of hydrogen-bond donors (Lipinski definition) is 1. The monoisotopic (exact) mass is 209 g/mol. The van der Waals surface area contributed by atoms with Gasteiger partial charge in [-0.05, 0) is 26.0 Å². The highest BCUT2D eigenvalue weighted by Crippen LogP contribution is 2.38. The smallest absolute Gasteiger partial charge is 0.121 e. The molecule has 2 rings (SSSR count). The van der Waals surface area contributed by atoms with Crippen LogP contribution in [0.15, 0.2) is 23.1 Å². The minimum atomic E-state index is 0.171. The molecule has 0 bridgehead atoms. The molecule has 1 aromatic carbocycles. The largest absolute Gasteiger partial charge is 0.497 e. The van der Waals surface area contributed by atoms with E-state index in [0.717, 1.165) is 11.5 Å². The van der Waals surface area contributed by atoms with Gasteiger partial charge in [0.2, 0.25) is 0 Å². The van der Waals surface area contributed by atoms with Crippen LogP contribution in [0.1, 0.15) is 13.8 Å². The van der Waals surface area contributed by atoms with Gasteiger partial charge in [0.05, 0.1) is 12.8 Å². The molecule has 14 heavy (non-hydrogen) atoms. The van der Waals surface area contributed by atoms with Crippen molar-refractivity contribution in [2.75, 3.05) is 18.2 Å². The standard InChI is InChI=1S/C11H15NOS/c1-11(2)7-14-10-5-4-8(13-3)6-9(10)12-11/h4-6,12H,7H2,1-3H3. The second-order valence-corrected chi connectivity index (χ2v) is 5.18. The molecule has 1 aromatic rings. The molecule has 0 spiro atoms. The van der Waals surface area contributed by atoms with Crippen LogP contribution in [0.5, 0.6) is 5.75 Å². The third-order valence-corrected chi connectivity index (χ3v) is 3.78. The molecule has 76 valence electrons. The van der Waals surface area contributed by atoms with E-state index in [1.165, 1.54) is 10.6 Å². The van der Waals surface area contributed by atoms with Gasteiger partial charge in [-0.1, -0.05) is 0 Å². The fourth-order valence-electron chi connectivity index (χ4n) is 1.52. The molecule has 0 atom stereocenters. The first kappa shape index (κ1) is 9.71. The van der Waals surface area contributed by atoms with Crippen molar-refractivity contribution in [2.45, 2.75) is 24.3 Å². The van der Waals surface area contributed by atoms with Gasteiger partial charge in [-0.3, -0.25) is 0 Å². The van der Waals surface area contributed by atoms with Crippen LogP contribution in [0.25, 0.3) is 0 Å². The molecule has 0 amide bonds. The summed E-state index contributed by atoms with van der Waals surface area (Å²) in [6, 6.07) is 6.18. The lowest BCUT2D eigenvalue weighted by Gasteiger charge is -2.33. The molecule has 1 heterocycles. The number of methoxy groups -OCH3 is 1. The van der Waals surface area contributed by atoms with Gasteiger partial charge in [-0.25, -0.2) is 0 Å². The number of nitrogens with one attached hydrogen (secondary N) is 1. The van der Waals surface area contributed by atoms with Crippen molar-refractivity contribution >= 4 is 17.4 Å². The number of anilines is 1. The van der Waals surface area contributed by atoms with Crippen LogP contribution in [0.3, 0.4) is 0 Å². The number of ether oxygens (including phenoxy) is 1. The summed E-state index contributed by atoms with van der Waals surface area (Å²) in [5, 5.41) is 3.51. The molecule has 0 aromatic heterocycles. The second kappa shape index (κ2) is 3.39. The summed E-state index contributed by atoms with van der Waals surface area (Å²) in [5.41, 5.74) is 1.36. The summed E-state index contributed by atoms with van der Waals surface area (Å²) in [4.78, 5) is 1.31. The highest BCUT2D eigenvalue weighted by atomic mass is 32.2. The fraction of sp³-hybridized carbons (Fsp3) is 0.455. The first-order valence-corrected chi connectivity index (χ1v) is 5.68. The van der Waals surface area contributed by atoms with E-state index in [2.05, 4.69) is 31.3 Å². The Labute approximate surface area is 89.0 Å². The molecule has 0 saturated heterocycles. The summed E-state index contributed by atoms with van der Waals surface area (Å²) < 4.78 is 5.20. The van der Waals surface area contributed by atoms with Crippen molar-refractivity contribution < 1.29 is 4.74 Å². The van der Waals surface area contributed by atoms with Gasteiger partial charge >= 0.3 is 0 Å². The van der Waals surface area contributed by atoms with Crippen molar-refractivity contribution in [1.29, 1.82) is 0 Å². The Hall–Kier alpha value is -0.830. The maximum atomic E-state index is 5.20. The normalized spacial score (nSPS) is 18.2. The van der Waals surface area contributed by atoms with E-state index in [9.17, 15) is 0 Å². The summed E-state index contributed by atoms with van der Waals surface area (Å²) in [6.07, 6.45) is 0. The molecule has 0 fully saturated rings. The Balaban J connectivity index is 2.34. The molecular weight excluding hydrogens is 194 g/mol. The van der Waals surface area contributed by atoms with E-state index in [1.54, 1.807) is 7.11 Å². The predicted molar refractivity (Wildman–Crippen MR) is 61.4 cm³/mol. The highest BCUT2D eigenvalue weighted by Gasteiger charge is 2.24. The summed E-state index contributed by atoms with van der Waals surface area (Å²) in [5.74, 6) is 2.02. The van der Waals surface area contributed by atoms with E-state index < -0.39 is 0 Å². The molecule has 1 aliphatic heterocycles. The van der Waals surface area contributed by atoms with Gasteiger partial charge in [0, 0.05) is 22.3 Å². The molecule has 1 N–H and O–H groups in total. The second-order valence-electron chi connectivity index (χ2n) is 4.16. The Kier molecular flexibility index (Phi) is 2.35. The number of thioether (sulfide) groups is 1. The maximum absolute atomic E-state index is 5.20. The lowest BCUT2D eigenvalue weighted by molar-refractivity contribution is 0.414. The van der Waals surface area contributed by atoms with Crippen LogP contribution >= 0.6 is 11.8 Å². The molecule has 2 nitrogen and oxygen atoms in total. The quantitative estimate of drug-likeness (QED) is 0.768. The van der Waals surface area contributed by atoms with Crippen LogP contribution in [-0.4, -0.2) is 18.4 Å². The zero-order valence-electron chi connectivity index (χ0n) is 8.76. The Morgan fingerprint density at radius 1 is 1.43 bits per heavy atom. The first-order chi connectivity index (χ1) is 6.61. The third kappa shape index (κ3) is 1.82. The molecule has 0 radical (unpaired) electrons. The average Bonchev–Trinajstić information content (AvgIpc) is 2.15. The molecule has 0 aliphatic carbocycles. The molecule has 3 heteroatoms. The van der Waals surface area contributed by atoms with Crippen LogP contribution in [0, 0.1) is 0 Å².